The first-order valence-corrected chi connectivity index (χ1v) is 11.5. The molecule has 0 spiro atoms. The molecule has 1 aliphatic heterocycles. The highest BCUT2D eigenvalue weighted by Crippen LogP contribution is 2.34. The highest BCUT2D eigenvalue weighted by Gasteiger charge is 2.39. The second-order valence-electron chi connectivity index (χ2n) is 9.92. The Morgan fingerprint density at radius 1 is 1.03 bits per heavy atom. The maximum atomic E-state index is 13.5. The summed E-state index contributed by atoms with van der Waals surface area (Å²) in [5.41, 5.74) is 3.03. The molecule has 2 fully saturated rings. The number of hydrogen-bond acceptors (Lipinski definition) is 5. The molecule has 2 heterocycles. The number of amides is 2. The van der Waals surface area contributed by atoms with Crippen molar-refractivity contribution in [3.05, 3.63) is 41.3 Å². The van der Waals surface area contributed by atoms with Crippen LogP contribution in [0.25, 0.3) is 11.1 Å². The standard InChI is InChI=1S/C25H33N3O4/c1-16-22(17(2)32-26-16)18-6-8-19(9-7-18)23(29)28(20-10-11-20)21-12-14-27(15-13-21)24(30)31-25(3,4)5/h6-9,20-21H,10-15H2,1-5H3. The molecule has 1 aliphatic carbocycles. The number of aromatic nitrogens is 1. The molecule has 0 unspecified atom stereocenters. The van der Waals surface area contributed by atoms with E-state index < -0.39 is 5.60 Å². The molecular weight excluding hydrogens is 406 g/mol. The van der Waals surface area contributed by atoms with E-state index >= 15 is 0 Å². The third-order valence-electron chi connectivity index (χ3n) is 6.14. The van der Waals surface area contributed by atoms with Crippen molar-refractivity contribution in [1.29, 1.82) is 0 Å². The smallest absolute Gasteiger partial charge is 0.410 e. The molecule has 0 radical (unpaired) electrons. The van der Waals surface area contributed by atoms with Gasteiger partial charge in [0.25, 0.3) is 5.91 Å². The third kappa shape index (κ3) is 4.81. The normalized spacial score (nSPS) is 17.3. The first-order chi connectivity index (χ1) is 15.1. The quantitative estimate of drug-likeness (QED) is 0.673. The van der Waals surface area contributed by atoms with Crippen LogP contribution in [0.1, 0.15) is 68.3 Å². The summed E-state index contributed by atoms with van der Waals surface area (Å²) in [6, 6.07) is 8.19. The van der Waals surface area contributed by atoms with Gasteiger partial charge in [-0.15, -0.1) is 0 Å². The van der Waals surface area contributed by atoms with Gasteiger partial charge in [-0.05, 0) is 78.0 Å². The minimum absolute atomic E-state index is 0.0773. The van der Waals surface area contributed by atoms with E-state index in [0.29, 0.717) is 24.7 Å². The second kappa shape index (κ2) is 8.60. The maximum Gasteiger partial charge on any atom is 0.410 e. The summed E-state index contributed by atoms with van der Waals surface area (Å²) >= 11 is 0. The van der Waals surface area contributed by atoms with Crippen molar-refractivity contribution in [3.63, 3.8) is 0 Å². The van der Waals surface area contributed by atoms with E-state index in [1.54, 1.807) is 4.90 Å². The molecule has 2 aromatic rings. The zero-order chi connectivity index (χ0) is 23.0. The van der Waals surface area contributed by atoms with Crippen LogP contribution < -0.4 is 0 Å². The second-order valence-corrected chi connectivity index (χ2v) is 9.92. The average Bonchev–Trinajstić information content (AvgIpc) is 3.51. The monoisotopic (exact) mass is 439 g/mol. The number of benzene rings is 1. The van der Waals surface area contributed by atoms with Gasteiger partial charge >= 0.3 is 6.09 Å². The van der Waals surface area contributed by atoms with Crippen LogP contribution in [0, 0.1) is 13.8 Å². The van der Waals surface area contributed by atoms with Crippen LogP contribution in [0.5, 0.6) is 0 Å². The number of rotatable bonds is 4. The van der Waals surface area contributed by atoms with Crippen LogP contribution >= 0.6 is 0 Å². The van der Waals surface area contributed by atoms with Crippen molar-refractivity contribution in [1.82, 2.24) is 15.0 Å². The molecule has 1 saturated heterocycles. The molecule has 32 heavy (non-hydrogen) atoms. The Morgan fingerprint density at radius 3 is 2.12 bits per heavy atom. The van der Waals surface area contributed by atoms with Gasteiger partial charge in [-0.2, -0.15) is 0 Å². The van der Waals surface area contributed by atoms with Gasteiger partial charge in [0.2, 0.25) is 0 Å². The summed E-state index contributed by atoms with van der Waals surface area (Å²) < 4.78 is 10.8. The zero-order valence-electron chi connectivity index (χ0n) is 19.7. The third-order valence-corrected chi connectivity index (χ3v) is 6.14. The summed E-state index contributed by atoms with van der Waals surface area (Å²) in [6.45, 7) is 10.7. The minimum atomic E-state index is -0.500. The van der Waals surface area contributed by atoms with E-state index in [4.69, 9.17) is 9.26 Å². The van der Waals surface area contributed by atoms with Crippen molar-refractivity contribution in [2.45, 2.75) is 78.0 Å². The Hall–Kier alpha value is -2.83. The Kier molecular flexibility index (Phi) is 6.01. The van der Waals surface area contributed by atoms with E-state index in [2.05, 4.69) is 10.1 Å². The predicted molar refractivity (Wildman–Crippen MR) is 121 cm³/mol. The van der Waals surface area contributed by atoms with Crippen LogP contribution in [0.4, 0.5) is 4.79 Å². The average molecular weight is 440 g/mol. The Bertz CT molecular complexity index is 958. The topological polar surface area (TPSA) is 75.9 Å². The first kappa shape index (κ1) is 22.4. The van der Waals surface area contributed by atoms with Crippen LogP contribution in [0.15, 0.2) is 28.8 Å². The lowest BCUT2D eigenvalue weighted by molar-refractivity contribution is 0.0142. The molecule has 1 aromatic carbocycles. The van der Waals surface area contributed by atoms with E-state index in [0.717, 1.165) is 48.3 Å². The highest BCUT2D eigenvalue weighted by molar-refractivity contribution is 5.95. The van der Waals surface area contributed by atoms with Crippen molar-refractivity contribution < 1.29 is 18.8 Å². The largest absolute Gasteiger partial charge is 0.444 e. The van der Waals surface area contributed by atoms with Gasteiger partial charge in [0.15, 0.2) is 0 Å². The molecule has 2 amide bonds. The molecule has 0 N–H and O–H groups in total. The maximum absolute atomic E-state index is 13.5. The molecule has 4 rings (SSSR count). The van der Waals surface area contributed by atoms with Crippen molar-refractivity contribution in [2.75, 3.05) is 13.1 Å². The fourth-order valence-corrected chi connectivity index (χ4v) is 4.46. The van der Waals surface area contributed by atoms with Gasteiger partial charge in [0.05, 0.1) is 5.69 Å². The molecule has 7 heteroatoms. The van der Waals surface area contributed by atoms with Gasteiger partial charge in [0, 0.05) is 36.3 Å². The number of aryl methyl sites for hydroxylation is 2. The highest BCUT2D eigenvalue weighted by atomic mass is 16.6. The number of piperidine rings is 1. The summed E-state index contributed by atoms with van der Waals surface area (Å²) in [7, 11) is 0. The Morgan fingerprint density at radius 2 is 1.62 bits per heavy atom. The number of carbonyl (C=O) groups is 2. The lowest BCUT2D eigenvalue weighted by Gasteiger charge is -2.39. The number of ether oxygens (including phenoxy) is 1. The van der Waals surface area contributed by atoms with Crippen LogP contribution in [-0.2, 0) is 4.74 Å². The number of carbonyl (C=O) groups excluding carboxylic acids is 2. The van der Waals surface area contributed by atoms with Crippen molar-refractivity contribution in [2.24, 2.45) is 0 Å². The molecule has 7 nitrogen and oxygen atoms in total. The number of nitrogens with zero attached hydrogens (tertiary/aromatic N) is 3. The van der Waals surface area contributed by atoms with Gasteiger partial charge in [-0.25, -0.2) is 4.79 Å². The van der Waals surface area contributed by atoms with E-state index in [1.807, 2.05) is 58.9 Å². The summed E-state index contributed by atoms with van der Waals surface area (Å²) in [5.74, 6) is 0.853. The summed E-state index contributed by atoms with van der Waals surface area (Å²) in [5, 5.41) is 4.02. The zero-order valence-corrected chi connectivity index (χ0v) is 19.7. The van der Waals surface area contributed by atoms with Crippen LogP contribution in [0.3, 0.4) is 0 Å². The molecule has 1 aromatic heterocycles. The van der Waals surface area contributed by atoms with E-state index in [9.17, 15) is 9.59 Å². The first-order valence-electron chi connectivity index (χ1n) is 11.5. The predicted octanol–water partition coefficient (Wildman–Crippen LogP) is 4.96. The van der Waals surface area contributed by atoms with Crippen molar-refractivity contribution in [3.8, 4) is 11.1 Å². The SMILES string of the molecule is Cc1noc(C)c1-c1ccc(C(=O)N(C2CC2)C2CCN(C(=O)OC(C)(C)C)CC2)cc1. The number of likely N-dealkylation sites (tertiary alicyclic amines) is 1. The Labute approximate surface area is 189 Å². The lowest BCUT2D eigenvalue weighted by Crippen LogP contribution is -2.50. The fraction of sp³-hybridized carbons (Fsp3) is 0.560. The molecular formula is C25H33N3O4. The van der Waals surface area contributed by atoms with Gasteiger partial charge in [0.1, 0.15) is 11.4 Å². The van der Waals surface area contributed by atoms with E-state index in [1.165, 1.54) is 0 Å². The summed E-state index contributed by atoms with van der Waals surface area (Å²) in [6.07, 6.45) is 3.39. The van der Waals surface area contributed by atoms with Gasteiger partial charge < -0.3 is 19.1 Å². The van der Waals surface area contributed by atoms with Gasteiger partial charge in [-0.1, -0.05) is 17.3 Å². The van der Waals surface area contributed by atoms with Crippen LogP contribution in [-0.4, -0.2) is 57.7 Å². The van der Waals surface area contributed by atoms with Crippen LogP contribution in [0.2, 0.25) is 0 Å². The molecule has 172 valence electrons. The number of hydrogen-bond donors (Lipinski definition) is 0. The molecule has 0 atom stereocenters. The summed E-state index contributed by atoms with van der Waals surface area (Å²) in [4.78, 5) is 29.7. The molecule has 2 aliphatic rings. The van der Waals surface area contributed by atoms with Crippen molar-refractivity contribution >= 4 is 12.0 Å². The van der Waals surface area contributed by atoms with E-state index in [-0.39, 0.29) is 18.0 Å². The molecule has 0 bridgehead atoms. The van der Waals surface area contributed by atoms with Gasteiger partial charge in [-0.3, -0.25) is 4.79 Å². The Balaban J connectivity index is 1.44. The minimum Gasteiger partial charge on any atom is -0.444 e. The lowest BCUT2D eigenvalue weighted by atomic mass is 10.00. The molecule has 1 saturated carbocycles. The fourth-order valence-electron chi connectivity index (χ4n) is 4.46.